The maximum Gasteiger partial charge on any atom is 0.0933 e. The van der Waals surface area contributed by atoms with E-state index in [1.807, 2.05) is 24.3 Å². The minimum absolute atomic E-state index is 0.601. The van der Waals surface area contributed by atoms with E-state index in [4.69, 9.17) is 0 Å². The second-order valence-corrected chi connectivity index (χ2v) is 4.00. The van der Waals surface area contributed by atoms with Gasteiger partial charge >= 0.3 is 0 Å². The third kappa shape index (κ3) is 1.50. The van der Waals surface area contributed by atoms with Crippen molar-refractivity contribution in [1.82, 2.24) is 0 Å². The molecule has 0 bridgehead atoms. The van der Waals surface area contributed by atoms with Gasteiger partial charge in [0.2, 0.25) is 0 Å². The molecular weight excluding hydrogens is 174 g/mol. The van der Waals surface area contributed by atoms with Crippen LogP contribution in [0.25, 0.3) is 0 Å². The van der Waals surface area contributed by atoms with Crippen LogP contribution in [-0.2, 0) is 5.60 Å². The quantitative estimate of drug-likeness (QED) is 0.752. The highest BCUT2D eigenvalue weighted by molar-refractivity contribution is 5.55. The molecule has 0 saturated heterocycles. The van der Waals surface area contributed by atoms with Crippen molar-refractivity contribution in [2.24, 2.45) is 0 Å². The standard InChI is InChI=1S/C12H17NO/c1-2-7-12(14)8-9-13-11-6-4-3-5-10(11)12/h3-6,13-14H,2,7-9H2,1H3. The summed E-state index contributed by atoms with van der Waals surface area (Å²) in [7, 11) is 0. The van der Waals surface area contributed by atoms with Gasteiger partial charge in [-0.25, -0.2) is 0 Å². The van der Waals surface area contributed by atoms with Crippen molar-refractivity contribution in [3.05, 3.63) is 29.8 Å². The van der Waals surface area contributed by atoms with E-state index in [2.05, 4.69) is 12.2 Å². The van der Waals surface area contributed by atoms with Crippen molar-refractivity contribution in [2.45, 2.75) is 31.8 Å². The molecule has 1 aliphatic heterocycles. The summed E-state index contributed by atoms with van der Waals surface area (Å²) in [6.07, 6.45) is 2.69. The second kappa shape index (κ2) is 3.62. The molecule has 0 aromatic heterocycles. The van der Waals surface area contributed by atoms with Gasteiger partial charge in [-0.2, -0.15) is 0 Å². The van der Waals surface area contributed by atoms with Crippen LogP contribution in [-0.4, -0.2) is 11.7 Å². The van der Waals surface area contributed by atoms with E-state index in [9.17, 15) is 5.11 Å². The summed E-state index contributed by atoms with van der Waals surface area (Å²) in [6, 6.07) is 8.06. The smallest absolute Gasteiger partial charge is 0.0933 e. The minimum atomic E-state index is -0.601. The maximum absolute atomic E-state index is 10.5. The highest BCUT2D eigenvalue weighted by Gasteiger charge is 2.32. The second-order valence-electron chi connectivity index (χ2n) is 4.00. The Labute approximate surface area is 85.0 Å². The van der Waals surface area contributed by atoms with E-state index in [-0.39, 0.29) is 0 Å². The van der Waals surface area contributed by atoms with Crippen LogP contribution in [0.3, 0.4) is 0 Å². The SMILES string of the molecule is CCCC1(O)CCNc2ccccc21. The van der Waals surface area contributed by atoms with Gasteiger partial charge in [0.25, 0.3) is 0 Å². The molecule has 76 valence electrons. The first kappa shape index (κ1) is 9.53. The first-order chi connectivity index (χ1) is 6.76. The van der Waals surface area contributed by atoms with Crippen molar-refractivity contribution in [2.75, 3.05) is 11.9 Å². The van der Waals surface area contributed by atoms with E-state index in [1.54, 1.807) is 0 Å². The Bertz CT molecular complexity index is 324. The molecule has 1 atom stereocenters. The molecule has 2 rings (SSSR count). The summed E-state index contributed by atoms with van der Waals surface area (Å²) in [5, 5.41) is 13.8. The molecule has 1 unspecified atom stereocenters. The zero-order valence-corrected chi connectivity index (χ0v) is 8.59. The number of hydrogen-bond donors (Lipinski definition) is 2. The van der Waals surface area contributed by atoms with Crippen LogP contribution in [0.1, 0.15) is 31.7 Å². The van der Waals surface area contributed by atoms with Crippen molar-refractivity contribution >= 4 is 5.69 Å². The minimum Gasteiger partial charge on any atom is -0.385 e. The molecule has 0 radical (unpaired) electrons. The molecule has 1 aromatic carbocycles. The van der Waals surface area contributed by atoms with Gasteiger partial charge in [0.05, 0.1) is 5.60 Å². The van der Waals surface area contributed by atoms with Gasteiger partial charge in [0, 0.05) is 17.8 Å². The Morgan fingerprint density at radius 2 is 2.21 bits per heavy atom. The van der Waals surface area contributed by atoms with Gasteiger partial charge in [-0.05, 0) is 18.9 Å². The molecule has 0 spiro atoms. The maximum atomic E-state index is 10.5. The first-order valence-electron chi connectivity index (χ1n) is 5.32. The van der Waals surface area contributed by atoms with Crippen molar-refractivity contribution in [3.8, 4) is 0 Å². The number of aliphatic hydroxyl groups is 1. The predicted octanol–water partition coefficient (Wildman–Crippen LogP) is 2.49. The van der Waals surface area contributed by atoms with E-state index in [0.29, 0.717) is 0 Å². The summed E-state index contributed by atoms with van der Waals surface area (Å²) in [5.41, 5.74) is 1.55. The number of fused-ring (bicyclic) bond motifs is 1. The zero-order chi connectivity index (χ0) is 10.0. The van der Waals surface area contributed by atoms with Crippen molar-refractivity contribution in [1.29, 1.82) is 0 Å². The van der Waals surface area contributed by atoms with Gasteiger partial charge in [0.1, 0.15) is 0 Å². The molecule has 1 heterocycles. The topological polar surface area (TPSA) is 32.3 Å². The number of anilines is 1. The summed E-state index contributed by atoms with van der Waals surface area (Å²) in [6.45, 7) is 2.98. The van der Waals surface area contributed by atoms with Gasteiger partial charge in [-0.1, -0.05) is 31.5 Å². The molecule has 2 nitrogen and oxygen atoms in total. The number of hydrogen-bond acceptors (Lipinski definition) is 2. The van der Waals surface area contributed by atoms with Crippen LogP contribution >= 0.6 is 0 Å². The lowest BCUT2D eigenvalue weighted by Gasteiger charge is -2.35. The molecule has 14 heavy (non-hydrogen) atoms. The molecular formula is C12H17NO. The lowest BCUT2D eigenvalue weighted by molar-refractivity contribution is 0.0187. The molecule has 2 heteroatoms. The average molecular weight is 191 g/mol. The summed E-state index contributed by atoms with van der Waals surface area (Å²) in [5.74, 6) is 0. The summed E-state index contributed by atoms with van der Waals surface area (Å²) >= 11 is 0. The summed E-state index contributed by atoms with van der Waals surface area (Å²) < 4.78 is 0. The highest BCUT2D eigenvalue weighted by Crippen LogP contribution is 2.37. The predicted molar refractivity (Wildman–Crippen MR) is 58.4 cm³/mol. The van der Waals surface area contributed by atoms with E-state index in [0.717, 1.165) is 37.1 Å². The number of benzene rings is 1. The van der Waals surface area contributed by atoms with E-state index in [1.165, 1.54) is 0 Å². The molecule has 0 fully saturated rings. The zero-order valence-electron chi connectivity index (χ0n) is 8.59. The largest absolute Gasteiger partial charge is 0.385 e. The lowest BCUT2D eigenvalue weighted by atomic mass is 9.83. The van der Waals surface area contributed by atoms with Gasteiger partial charge in [0.15, 0.2) is 0 Å². The van der Waals surface area contributed by atoms with Crippen molar-refractivity contribution < 1.29 is 5.11 Å². The van der Waals surface area contributed by atoms with Crippen LogP contribution in [0.2, 0.25) is 0 Å². The molecule has 1 aliphatic rings. The van der Waals surface area contributed by atoms with Gasteiger partial charge < -0.3 is 10.4 Å². The van der Waals surface area contributed by atoms with Crippen LogP contribution < -0.4 is 5.32 Å². The Kier molecular flexibility index (Phi) is 2.46. The summed E-state index contributed by atoms with van der Waals surface area (Å²) in [4.78, 5) is 0. The molecule has 0 amide bonds. The normalized spacial score (nSPS) is 25.3. The molecule has 0 aliphatic carbocycles. The highest BCUT2D eigenvalue weighted by atomic mass is 16.3. The first-order valence-corrected chi connectivity index (χ1v) is 5.32. The van der Waals surface area contributed by atoms with E-state index < -0.39 is 5.60 Å². The number of nitrogens with one attached hydrogen (secondary N) is 1. The fourth-order valence-corrected chi connectivity index (χ4v) is 2.25. The van der Waals surface area contributed by atoms with Crippen LogP contribution in [0, 0.1) is 0 Å². The van der Waals surface area contributed by atoms with Crippen molar-refractivity contribution in [3.63, 3.8) is 0 Å². The van der Waals surface area contributed by atoms with Crippen LogP contribution in [0.5, 0.6) is 0 Å². The Morgan fingerprint density at radius 3 is 3.00 bits per heavy atom. The average Bonchev–Trinajstić information content (AvgIpc) is 2.19. The van der Waals surface area contributed by atoms with Crippen LogP contribution in [0.4, 0.5) is 5.69 Å². The Balaban J connectivity index is 2.39. The van der Waals surface area contributed by atoms with Gasteiger partial charge in [-0.3, -0.25) is 0 Å². The number of rotatable bonds is 2. The molecule has 2 N–H and O–H groups in total. The fraction of sp³-hybridized carbons (Fsp3) is 0.500. The fourth-order valence-electron chi connectivity index (χ4n) is 2.25. The van der Waals surface area contributed by atoms with Gasteiger partial charge in [-0.15, -0.1) is 0 Å². The third-order valence-corrected chi connectivity index (χ3v) is 2.95. The van der Waals surface area contributed by atoms with Crippen LogP contribution in [0.15, 0.2) is 24.3 Å². The Morgan fingerprint density at radius 1 is 1.43 bits per heavy atom. The molecule has 1 aromatic rings. The third-order valence-electron chi connectivity index (χ3n) is 2.95. The Hall–Kier alpha value is -1.02. The molecule has 0 saturated carbocycles. The van der Waals surface area contributed by atoms with E-state index >= 15 is 0 Å². The lowest BCUT2D eigenvalue weighted by Crippen LogP contribution is -2.33. The monoisotopic (exact) mass is 191 g/mol. The number of para-hydroxylation sites is 1.